The van der Waals surface area contributed by atoms with Gasteiger partial charge in [0.15, 0.2) is 0 Å². The Morgan fingerprint density at radius 1 is 0.400 bits per heavy atom. The molecule has 404 valence electrons. The molecule has 0 amide bonds. The summed E-state index contributed by atoms with van der Waals surface area (Å²) in [6.07, 6.45) is 0.979. The Kier molecular flexibility index (Phi) is 16.5. The Morgan fingerprint density at radius 3 is 1.28 bits per heavy atom. The molecule has 6 rings (SSSR count). The molecule has 0 aliphatic heterocycles. The first-order valence-electron chi connectivity index (χ1n) is 27.8. The van der Waals surface area contributed by atoms with Crippen LogP contribution < -0.4 is 9.47 Å². The molecular formula is C70H96O4Si. The summed E-state index contributed by atoms with van der Waals surface area (Å²) in [5.41, 5.74) is 16.2. The molecule has 0 atom stereocenters. The maximum Gasteiger partial charge on any atom is 0.146 e. The van der Waals surface area contributed by atoms with Crippen molar-refractivity contribution in [2.24, 2.45) is 0 Å². The molecule has 6 aromatic rings. The fourth-order valence-electron chi connectivity index (χ4n) is 10.2. The van der Waals surface area contributed by atoms with Gasteiger partial charge in [0.05, 0.1) is 18.0 Å². The number of rotatable bonds is 12. The zero-order valence-electron chi connectivity index (χ0n) is 51.0. The van der Waals surface area contributed by atoms with Gasteiger partial charge in [0, 0.05) is 22.3 Å². The highest BCUT2D eigenvalue weighted by molar-refractivity contribution is 6.82. The minimum atomic E-state index is -2.57. The van der Waals surface area contributed by atoms with Gasteiger partial charge >= 0.3 is 0 Å². The summed E-state index contributed by atoms with van der Waals surface area (Å²) in [4.78, 5) is 0. The summed E-state index contributed by atoms with van der Waals surface area (Å²) in [6.45, 7) is 54.1. The number of ether oxygens (including phenoxy) is 2. The van der Waals surface area contributed by atoms with E-state index in [1.165, 1.54) is 27.8 Å². The topological polar surface area (TPSA) is 58.9 Å². The van der Waals surface area contributed by atoms with Gasteiger partial charge in [-0.3, -0.25) is 0 Å². The van der Waals surface area contributed by atoms with E-state index in [1.54, 1.807) is 0 Å². The number of benzene rings is 6. The summed E-state index contributed by atoms with van der Waals surface area (Å²) in [7, 11) is -2.57. The van der Waals surface area contributed by atoms with Crippen molar-refractivity contribution < 1.29 is 19.7 Å². The van der Waals surface area contributed by atoms with Gasteiger partial charge in [-0.1, -0.05) is 219 Å². The van der Waals surface area contributed by atoms with Crippen LogP contribution in [0.25, 0.3) is 44.5 Å². The molecule has 75 heavy (non-hydrogen) atoms. The van der Waals surface area contributed by atoms with Gasteiger partial charge in [0.1, 0.15) is 31.1 Å². The van der Waals surface area contributed by atoms with Crippen LogP contribution >= 0.6 is 0 Å². The average Bonchev–Trinajstić information content (AvgIpc) is 3.28. The van der Waals surface area contributed by atoms with E-state index in [0.29, 0.717) is 18.2 Å². The Hall–Kier alpha value is -5.26. The second-order valence-corrected chi connectivity index (χ2v) is 34.4. The van der Waals surface area contributed by atoms with E-state index in [-0.39, 0.29) is 55.1 Å². The predicted molar refractivity (Wildman–Crippen MR) is 327 cm³/mol. The quantitative estimate of drug-likeness (QED) is 0.120. The van der Waals surface area contributed by atoms with E-state index in [9.17, 15) is 10.2 Å². The third kappa shape index (κ3) is 13.0. The number of phenols is 2. The van der Waals surface area contributed by atoms with Crippen molar-refractivity contribution in [3.63, 3.8) is 0 Å². The summed E-state index contributed by atoms with van der Waals surface area (Å²) in [5, 5.41) is 25.6. The predicted octanol–water partition coefficient (Wildman–Crippen LogP) is 20.0. The zero-order chi connectivity index (χ0) is 56.3. The molecule has 0 heterocycles. The molecular weight excluding hydrogens is 933 g/mol. The number of aromatic hydroxyl groups is 2. The SMILES string of the molecule is Cc1cc(-c2cc(C(C)(C)C)cc(C(C)(C)C)c2)c(O)c(-c2cc(C(C)(C)C)ccc2OC[Si](COc2c(C)cc(-c3cccc(C(C)(C)C)c3)c(O)c2-c2cc(C(C)(C)C)cc(C(C)(C)C)c2)(C(C)C)C(C)C)c1. The van der Waals surface area contributed by atoms with Gasteiger partial charge in [-0.05, 0) is 149 Å². The molecule has 0 spiro atoms. The van der Waals surface area contributed by atoms with Crippen molar-refractivity contribution in [1.82, 2.24) is 0 Å². The molecule has 0 aliphatic carbocycles. The van der Waals surface area contributed by atoms with E-state index >= 15 is 0 Å². The third-order valence-corrected chi connectivity index (χ3v) is 22.0. The highest BCUT2D eigenvalue weighted by Gasteiger charge is 2.43. The Balaban J connectivity index is 1.52. The number of phenolic OH excluding ortho intramolecular Hbond substituents is 2. The first-order chi connectivity index (χ1) is 34.2. The summed E-state index contributed by atoms with van der Waals surface area (Å²) >= 11 is 0. The number of hydrogen-bond donors (Lipinski definition) is 2. The molecule has 6 aromatic carbocycles. The molecule has 0 aromatic heterocycles. The van der Waals surface area contributed by atoms with E-state index in [0.717, 1.165) is 66.9 Å². The molecule has 4 nitrogen and oxygen atoms in total. The van der Waals surface area contributed by atoms with Crippen LogP contribution in [0.2, 0.25) is 11.1 Å². The van der Waals surface area contributed by atoms with Crippen LogP contribution in [0.5, 0.6) is 23.0 Å². The Labute approximate surface area is 456 Å². The van der Waals surface area contributed by atoms with Crippen molar-refractivity contribution in [3.8, 4) is 67.5 Å². The zero-order valence-corrected chi connectivity index (χ0v) is 52.0. The summed E-state index contributed by atoms with van der Waals surface area (Å²) in [5.74, 6) is 1.94. The molecule has 0 saturated heterocycles. The Bertz CT molecular complexity index is 2960. The number of aryl methyl sites for hydroxylation is 2. The first-order valence-corrected chi connectivity index (χ1v) is 30.4. The second-order valence-electron chi connectivity index (χ2n) is 29.0. The molecule has 0 aliphatic rings. The van der Waals surface area contributed by atoms with Crippen LogP contribution in [0.15, 0.2) is 97.1 Å². The smallest absolute Gasteiger partial charge is 0.146 e. The van der Waals surface area contributed by atoms with Gasteiger partial charge in [-0.25, -0.2) is 0 Å². The lowest BCUT2D eigenvalue weighted by molar-refractivity contribution is 0.333. The van der Waals surface area contributed by atoms with Gasteiger partial charge in [-0.2, -0.15) is 0 Å². The second kappa shape index (κ2) is 20.9. The van der Waals surface area contributed by atoms with E-state index < -0.39 is 8.07 Å². The van der Waals surface area contributed by atoms with Gasteiger partial charge < -0.3 is 19.7 Å². The molecule has 5 heteroatoms. The standard InChI is InChI=1S/C70H96O4Si/c1-43(2)75(44(3)4,41-73-60-29-28-51(66(10,11)12)40-58(60)59-31-45(5)30-56(62(59)71)48-34-52(67(13,14)15)38-53(35-48)68(16,17)18)42-74-64-46(6)32-57(47-26-25-27-50(33-47)65(7,8)9)63(72)61(64)49-36-54(69(19,20)21)39-55(37-49)70(22,23)24/h25-40,43-44,71-72H,41-42H2,1-24H3. The van der Waals surface area contributed by atoms with Crippen molar-refractivity contribution >= 4 is 8.07 Å². The largest absolute Gasteiger partial charge is 0.507 e. The van der Waals surface area contributed by atoms with Crippen LogP contribution in [0.3, 0.4) is 0 Å². The molecule has 0 unspecified atom stereocenters. The Morgan fingerprint density at radius 2 is 0.813 bits per heavy atom. The van der Waals surface area contributed by atoms with Gasteiger partial charge in [0.2, 0.25) is 0 Å². The van der Waals surface area contributed by atoms with Crippen molar-refractivity contribution in [3.05, 3.63) is 142 Å². The van der Waals surface area contributed by atoms with E-state index in [4.69, 9.17) is 9.47 Å². The maximum absolute atomic E-state index is 12.9. The van der Waals surface area contributed by atoms with Crippen LogP contribution in [0.4, 0.5) is 0 Å². The first kappa shape index (κ1) is 59.0. The van der Waals surface area contributed by atoms with Gasteiger partial charge in [0.25, 0.3) is 0 Å². The van der Waals surface area contributed by atoms with Crippen LogP contribution in [0.1, 0.15) is 197 Å². The third-order valence-electron chi connectivity index (χ3n) is 16.1. The fraction of sp³-hybridized carbons (Fsp3) is 0.486. The highest BCUT2D eigenvalue weighted by atomic mass is 28.3. The van der Waals surface area contributed by atoms with Crippen LogP contribution in [-0.4, -0.2) is 30.7 Å². The molecule has 0 fully saturated rings. The van der Waals surface area contributed by atoms with Crippen LogP contribution in [-0.2, 0) is 32.5 Å². The minimum absolute atomic E-state index is 0.0627. The van der Waals surface area contributed by atoms with Crippen molar-refractivity contribution in [1.29, 1.82) is 0 Å². The lowest BCUT2D eigenvalue weighted by atomic mass is 9.78. The van der Waals surface area contributed by atoms with E-state index in [1.807, 2.05) is 0 Å². The molecule has 0 saturated carbocycles. The lowest BCUT2D eigenvalue weighted by Crippen LogP contribution is -2.53. The lowest BCUT2D eigenvalue weighted by Gasteiger charge is -2.39. The summed E-state index contributed by atoms with van der Waals surface area (Å²) in [6, 6.07) is 35.3. The van der Waals surface area contributed by atoms with Crippen LogP contribution in [0, 0.1) is 13.8 Å². The molecule has 2 N–H and O–H groups in total. The number of hydrogen-bond acceptors (Lipinski definition) is 4. The van der Waals surface area contributed by atoms with Crippen molar-refractivity contribution in [2.75, 3.05) is 12.5 Å². The maximum atomic E-state index is 12.9. The molecule has 0 radical (unpaired) electrons. The normalized spacial score (nSPS) is 13.3. The monoisotopic (exact) mass is 1030 g/mol. The average molecular weight is 1030 g/mol. The van der Waals surface area contributed by atoms with E-state index in [2.05, 4.69) is 263 Å². The van der Waals surface area contributed by atoms with Crippen molar-refractivity contribution in [2.45, 2.75) is 210 Å². The highest BCUT2D eigenvalue weighted by Crippen LogP contribution is 2.50. The fourth-order valence-corrected chi connectivity index (χ4v) is 13.8. The van der Waals surface area contributed by atoms with Gasteiger partial charge in [-0.15, -0.1) is 0 Å². The summed E-state index contributed by atoms with van der Waals surface area (Å²) < 4.78 is 14.7. The minimum Gasteiger partial charge on any atom is -0.507 e. The molecule has 0 bridgehead atoms.